The predicted molar refractivity (Wildman–Crippen MR) is 123 cm³/mol. The molecule has 3 N–H and O–H groups in total. The van der Waals surface area contributed by atoms with Gasteiger partial charge in [0, 0.05) is 36.7 Å². The lowest BCUT2D eigenvalue weighted by Gasteiger charge is -2.35. The van der Waals surface area contributed by atoms with Gasteiger partial charge in [0.05, 0.1) is 29.6 Å². The number of carbonyl (C=O) groups excluding carboxylic acids is 2. The molecule has 2 fully saturated rings. The highest BCUT2D eigenvalue weighted by Gasteiger charge is 2.33. The Labute approximate surface area is 197 Å². The minimum atomic E-state index is -0.617. The number of pyridine rings is 1. The molecule has 2 aliphatic rings. The molecule has 0 bridgehead atoms. The maximum atomic E-state index is 13.0. The van der Waals surface area contributed by atoms with Crippen molar-refractivity contribution in [2.45, 2.75) is 57.1 Å². The lowest BCUT2D eigenvalue weighted by atomic mass is 9.83. The molecular formula is C23H30ClN5O4. The normalized spacial score (nSPS) is 23.9. The Morgan fingerprint density at radius 2 is 1.94 bits per heavy atom. The molecule has 0 unspecified atom stereocenters. The number of nitrogens with one attached hydrogen (secondary N) is 2. The van der Waals surface area contributed by atoms with Gasteiger partial charge in [-0.05, 0) is 51.5 Å². The van der Waals surface area contributed by atoms with Crippen LogP contribution in [0.1, 0.15) is 55.9 Å². The number of amides is 2. The summed E-state index contributed by atoms with van der Waals surface area (Å²) in [6.45, 7) is 2.85. The minimum Gasteiger partial charge on any atom is -0.481 e. The number of ether oxygens (including phenoxy) is 1. The van der Waals surface area contributed by atoms with Crippen molar-refractivity contribution in [3.05, 3.63) is 29.0 Å². The van der Waals surface area contributed by atoms with Crippen LogP contribution in [0, 0.1) is 5.92 Å². The van der Waals surface area contributed by atoms with Crippen LogP contribution in [0.25, 0.3) is 11.3 Å². The summed E-state index contributed by atoms with van der Waals surface area (Å²) in [7, 11) is 1.52. The molecule has 1 aliphatic carbocycles. The van der Waals surface area contributed by atoms with Crippen LogP contribution in [0.3, 0.4) is 0 Å². The Hall–Kier alpha value is -2.65. The molecule has 1 saturated heterocycles. The number of halogens is 1. The first kappa shape index (κ1) is 23.5. The van der Waals surface area contributed by atoms with E-state index in [2.05, 4.69) is 20.5 Å². The van der Waals surface area contributed by atoms with Gasteiger partial charge in [0.15, 0.2) is 5.69 Å². The van der Waals surface area contributed by atoms with E-state index in [4.69, 9.17) is 16.3 Å². The lowest BCUT2D eigenvalue weighted by molar-refractivity contribution is -0.127. The largest absolute Gasteiger partial charge is 0.481 e. The summed E-state index contributed by atoms with van der Waals surface area (Å²) in [6.07, 6.45) is 5.72. The third-order valence-corrected chi connectivity index (χ3v) is 6.99. The van der Waals surface area contributed by atoms with Crippen molar-refractivity contribution in [3.8, 4) is 17.1 Å². The van der Waals surface area contributed by atoms with Crippen molar-refractivity contribution >= 4 is 23.4 Å². The highest BCUT2D eigenvalue weighted by atomic mass is 35.5. The van der Waals surface area contributed by atoms with Gasteiger partial charge < -0.3 is 20.1 Å². The Morgan fingerprint density at radius 1 is 1.24 bits per heavy atom. The molecule has 9 nitrogen and oxygen atoms in total. The number of aromatic amines is 1. The summed E-state index contributed by atoms with van der Waals surface area (Å²) in [6, 6.07) is 3.47. The van der Waals surface area contributed by atoms with Gasteiger partial charge in [0.25, 0.3) is 5.91 Å². The molecular weight excluding hydrogens is 446 g/mol. The Balaban J connectivity index is 1.31. The van der Waals surface area contributed by atoms with Gasteiger partial charge in [-0.15, -0.1) is 0 Å². The molecule has 4 rings (SSSR count). The summed E-state index contributed by atoms with van der Waals surface area (Å²) in [5.41, 5.74) is 0.932. The highest BCUT2D eigenvalue weighted by Crippen LogP contribution is 2.30. The van der Waals surface area contributed by atoms with E-state index in [0.29, 0.717) is 66.6 Å². The number of likely N-dealkylation sites (tertiary alicyclic amines) is 1. The Morgan fingerprint density at radius 3 is 2.61 bits per heavy atom. The third-order valence-electron chi connectivity index (χ3n) is 6.69. The fourth-order valence-electron chi connectivity index (χ4n) is 4.52. The van der Waals surface area contributed by atoms with E-state index in [9.17, 15) is 14.7 Å². The standard InChI is InChI=1S/C23H30ClN5O4/c1-23(32)7-3-15(4-8-23)26-21(30)14-5-9-29(10-6-14)22(31)19-12-18(27-28-19)16-11-20(33-2)25-13-17(16)24/h11-15,32H,3-10H2,1-2H3,(H,26,30)(H,27,28)/t15-,23-. The van der Waals surface area contributed by atoms with E-state index in [1.807, 2.05) is 6.92 Å². The number of aliphatic hydroxyl groups is 1. The molecule has 3 heterocycles. The van der Waals surface area contributed by atoms with Gasteiger partial charge in [0.2, 0.25) is 11.8 Å². The summed E-state index contributed by atoms with van der Waals surface area (Å²) < 4.78 is 5.14. The zero-order valence-electron chi connectivity index (χ0n) is 18.9. The van der Waals surface area contributed by atoms with E-state index < -0.39 is 5.60 Å². The summed E-state index contributed by atoms with van der Waals surface area (Å²) >= 11 is 6.24. The van der Waals surface area contributed by atoms with Crippen molar-refractivity contribution < 1.29 is 19.4 Å². The summed E-state index contributed by atoms with van der Waals surface area (Å²) in [4.78, 5) is 31.4. The van der Waals surface area contributed by atoms with E-state index in [-0.39, 0.29) is 23.8 Å². The second kappa shape index (κ2) is 9.69. The van der Waals surface area contributed by atoms with Crippen molar-refractivity contribution in [2.75, 3.05) is 20.2 Å². The molecule has 0 atom stereocenters. The lowest BCUT2D eigenvalue weighted by Crippen LogP contribution is -2.47. The number of H-pyrrole nitrogens is 1. The van der Waals surface area contributed by atoms with Gasteiger partial charge in [-0.2, -0.15) is 5.10 Å². The molecule has 2 aromatic heterocycles. The smallest absolute Gasteiger partial charge is 0.274 e. The van der Waals surface area contributed by atoms with E-state index in [1.165, 1.54) is 13.3 Å². The minimum absolute atomic E-state index is 0.0528. The average Bonchev–Trinajstić information content (AvgIpc) is 3.30. The number of carbonyl (C=O) groups is 2. The Kier molecular flexibility index (Phi) is 6.90. The first-order chi connectivity index (χ1) is 15.8. The number of methoxy groups -OCH3 is 1. The topological polar surface area (TPSA) is 120 Å². The molecule has 33 heavy (non-hydrogen) atoms. The van der Waals surface area contributed by atoms with Crippen molar-refractivity contribution in [2.24, 2.45) is 5.92 Å². The van der Waals surface area contributed by atoms with Crippen LogP contribution in [0.5, 0.6) is 5.88 Å². The fourth-order valence-corrected chi connectivity index (χ4v) is 4.72. The van der Waals surface area contributed by atoms with Crippen LogP contribution < -0.4 is 10.1 Å². The second-order valence-electron chi connectivity index (χ2n) is 9.22. The molecule has 178 valence electrons. The Bertz CT molecular complexity index is 1010. The molecule has 2 amide bonds. The number of aromatic nitrogens is 3. The predicted octanol–water partition coefficient (Wildman–Crippen LogP) is 2.80. The van der Waals surface area contributed by atoms with Gasteiger partial charge in [-0.3, -0.25) is 14.7 Å². The van der Waals surface area contributed by atoms with E-state index in [1.54, 1.807) is 17.0 Å². The van der Waals surface area contributed by atoms with Gasteiger partial charge in [0.1, 0.15) is 0 Å². The number of piperidine rings is 1. The van der Waals surface area contributed by atoms with Crippen LogP contribution in [0.15, 0.2) is 18.3 Å². The summed E-state index contributed by atoms with van der Waals surface area (Å²) in [5, 5.41) is 20.7. The zero-order valence-corrected chi connectivity index (χ0v) is 19.7. The zero-order chi connectivity index (χ0) is 23.6. The fraction of sp³-hybridized carbons (Fsp3) is 0.565. The first-order valence-electron chi connectivity index (χ1n) is 11.3. The second-order valence-corrected chi connectivity index (χ2v) is 9.63. The third kappa shape index (κ3) is 5.47. The number of hydrogen-bond donors (Lipinski definition) is 3. The molecule has 0 aromatic carbocycles. The number of rotatable bonds is 5. The molecule has 2 aromatic rings. The summed E-state index contributed by atoms with van der Waals surface area (Å²) in [5.74, 6) is 0.185. The number of hydrogen-bond acceptors (Lipinski definition) is 6. The van der Waals surface area contributed by atoms with Crippen molar-refractivity contribution in [3.63, 3.8) is 0 Å². The van der Waals surface area contributed by atoms with Gasteiger partial charge >= 0.3 is 0 Å². The molecule has 1 aliphatic heterocycles. The monoisotopic (exact) mass is 475 g/mol. The van der Waals surface area contributed by atoms with Gasteiger partial charge in [-0.25, -0.2) is 4.98 Å². The SMILES string of the molecule is COc1cc(-c2cc(C(=O)N3CCC(C(=O)N[C@H]4CC[C@](C)(O)CC4)CC3)n[nH]2)c(Cl)cn1. The van der Waals surface area contributed by atoms with Gasteiger partial charge in [-0.1, -0.05) is 11.6 Å². The molecule has 0 spiro atoms. The molecule has 10 heteroatoms. The molecule has 1 saturated carbocycles. The van der Waals surface area contributed by atoms with Crippen LogP contribution in [-0.2, 0) is 4.79 Å². The quantitative estimate of drug-likeness (QED) is 0.611. The van der Waals surface area contributed by atoms with Crippen molar-refractivity contribution in [1.29, 1.82) is 0 Å². The highest BCUT2D eigenvalue weighted by molar-refractivity contribution is 6.33. The maximum Gasteiger partial charge on any atom is 0.274 e. The van der Waals surface area contributed by atoms with Crippen molar-refractivity contribution in [1.82, 2.24) is 25.4 Å². The van der Waals surface area contributed by atoms with Crippen LogP contribution in [0.2, 0.25) is 5.02 Å². The first-order valence-corrected chi connectivity index (χ1v) is 11.7. The van der Waals surface area contributed by atoms with Crippen LogP contribution in [-0.4, -0.2) is 68.8 Å². The average molecular weight is 476 g/mol. The van der Waals surface area contributed by atoms with E-state index >= 15 is 0 Å². The van der Waals surface area contributed by atoms with Crippen LogP contribution in [0.4, 0.5) is 0 Å². The van der Waals surface area contributed by atoms with E-state index in [0.717, 1.165) is 12.8 Å². The molecule has 0 radical (unpaired) electrons. The van der Waals surface area contributed by atoms with Crippen LogP contribution >= 0.6 is 11.6 Å². The maximum absolute atomic E-state index is 13.0. The number of nitrogens with zero attached hydrogens (tertiary/aromatic N) is 3.